The highest BCUT2D eigenvalue weighted by molar-refractivity contribution is 5.89. The number of urea groups is 1. The topological polar surface area (TPSA) is 112 Å². The molecule has 3 aromatic heterocycles. The van der Waals surface area contributed by atoms with Gasteiger partial charge in [0.25, 0.3) is 0 Å². The van der Waals surface area contributed by atoms with E-state index < -0.39 is 0 Å². The Kier molecular flexibility index (Phi) is 5.02. The van der Waals surface area contributed by atoms with Crippen molar-refractivity contribution in [2.24, 2.45) is 0 Å². The molecule has 4 rings (SSSR count). The number of anilines is 1. The lowest BCUT2D eigenvalue weighted by Crippen LogP contribution is -2.39. The predicted molar refractivity (Wildman–Crippen MR) is 101 cm³/mol. The van der Waals surface area contributed by atoms with Crippen molar-refractivity contribution < 1.29 is 9.53 Å². The maximum absolute atomic E-state index is 12.4. The summed E-state index contributed by atoms with van der Waals surface area (Å²) < 4.78 is 9.21. The summed E-state index contributed by atoms with van der Waals surface area (Å²) in [5.41, 5.74) is 1.51. The van der Waals surface area contributed by atoms with E-state index in [0.717, 1.165) is 12.0 Å². The highest BCUT2D eigenvalue weighted by Crippen LogP contribution is 2.29. The highest BCUT2D eigenvalue weighted by Gasteiger charge is 2.32. The van der Waals surface area contributed by atoms with Crippen LogP contribution in [0.4, 0.5) is 10.5 Å². The first-order chi connectivity index (χ1) is 13.6. The van der Waals surface area contributed by atoms with E-state index >= 15 is 0 Å². The highest BCUT2D eigenvalue weighted by atomic mass is 16.5. The second kappa shape index (κ2) is 7.77. The van der Waals surface area contributed by atoms with Crippen LogP contribution in [0.15, 0.2) is 43.2 Å². The van der Waals surface area contributed by atoms with Gasteiger partial charge in [0.05, 0.1) is 30.3 Å². The van der Waals surface area contributed by atoms with E-state index in [1.54, 1.807) is 37.1 Å². The van der Waals surface area contributed by atoms with Gasteiger partial charge >= 0.3 is 6.03 Å². The lowest BCUT2D eigenvalue weighted by atomic mass is 10.1. The average molecular weight is 382 g/mol. The molecule has 3 aromatic rings. The molecule has 1 saturated heterocycles. The van der Waals surface area contributed by atoms with Gasteiger partial charge in [-0.3, -0.25) is 4.68 Å². The lowest BCUT2D eigenvalue weighted by Gasteiger charge is -2.19. The van der Waals surface area contributed by atoms with Crippen molar-refractivity contribution >= 4 is 11.7 Å². The molecule has 10 nitrogen and oxygen atoms in total. The fourth-order valence-electron chi connectivity index (χ4n) is 3.09. The largest absolute Gasteiger partial charge is 0.371 e. The molecule has 1 fully saturated rings. The summed E-state index contributed by atoms with van der Waals surface area (Å²) in [5, 5.41) is 14.3. The Labute approximate surface area is 161 Å². The first-order valence-corrected chi connectivity index (χ1v) is 9.15. The van der Waals surface area contributed by atoms with Gasteiger partial charge in [0, 0.05) is 36.8 Å². The first-order valence-electron chi connectivity index (χ1n) is 9.15. The number of rotatable bonds is 5. The van der Waals surface area contributed by atoms with Crippen molar-refractivity contribution in [1.29, 1.82) is 0 Å². The van der Waals surface area contributed by atoms with Crippen LogP contribution in [0, 0.1) is 0 Å². The Bertz CT molecular complexity index is 936. The van der Waals surface area contributed by atoms with Gasteiger partial charge in [0.1, 0.15) is 6.10 Å². The molecule has 28 heavy (non-hydrogen) atoms. The van der Waals surface area contributed by atoms with Crippen LogP contribution in [-0.2, 0) is 4.74 Å². The molecule has 2 atom stereocenters. The Morgan fingerprint density at radius 1 is 1.21 bits per heavy atom. The van der Waals surface area contributed by atoms with Gasteiger partial charge in [-0.1, -0.05) is 0 Å². The van der Waals surface area contributed by atoms with Crippen molar-refractivity contribution in [2.75, 3.05) is 11.9 Å². The maximum Gasteiger partial charge on any atom is 0.319 e. The van der Waals surface area contributed by atoms with Crippen LogP contribution in [0.25, 0.3) is 5.95 Å². The lowest BCUT2D eigenvalue weighted by molar-refractivity contribution is 0.100. The number of ether oxygens (including phenoxy) is 1. The van der Waals surface area contributed by atoms with E-state index in [2.05, 4.69) is 44.6 Å². The van der Waals surface area contributed by atoms with Crippen LogP contribution < -0.4 is 10.6 Å². The van der Waals surface area contributed by atoms with Crippen LogP contribution in [0.3, 0.4) is 0 Å². The smallest absolute Gasteiger partial charge is 0.319 e. The van der Waals surface area contributed by atoms with Crippen molar-refractivity contribution in [3.05, 3.63) is 48.8 Å². The van der Waals surface area contributed by atoms with Crippen molar-refractivity contribution in [2.45, 2.75) is 38.5 Å². The molecule has 2 N–H and O–H groups in total. The molecule has 4 heterocycles. The van der Waals surface area contributed by atoms with E-state index in [0.29, 0.717) is 18.2 Å². The summed E-state index contributed by atoms with van der Waals surface area (Å²) in [6.45, 7) is 4.72. The molecular formula is C18H22N8O2. The van der Waals surface area contributed by atoms with Crippen LogP contribution in [0.1, 0.15) is 38.0 Å². The monoisotopic (exact) mass is 382 g/mol. The Balaban J connectivity index is 1.38. The number of aromatic nitrogens is 6. The molecule has 0 spiro atoms. The third kappa shape index (κ3) is 3.86. The standard InChI is InChI=1S/C18H22N8O2/c1-12(2)25-10-13(8-21-25)16-15(4-7-28-16)24-18(27)23-14-9-22-26(11-14)17-19-5-3-6-20-17/h3,5-6,8-12,15-16H,4,7H2,1-2H3,(H2,23,24,27)/t15-,16+/m0/s1. The predicted octanol–water partition coefficient (Wildman–Crippen LogP) is 2.09. The zero-order valence-electron chi connectivity index (χ0n) is 15.7. The second-order valence-corrected chi connectivity index (χ2v) is 6.85. The minimum atomic E-state index is -0.315. The van der Waals surface area contributed by atoms with Gasteiger partial charge in [-0.05, 0) is 26.3 Å². The summed E-state index contributed by atoms with van der Waals surface area (Å²) in [5.74, 6) is 0.433. The van der Waals surface area contributed by atoms with E-state index in [4.69, 9.17) is 4.74 Å². The summed E-state index contributed by atoms with van der Waals surface area (Å²) >= 11 is 0. The summed E-state index contributed by atoms with van der Waals surface area (Å²) in [6, 6.07) is 1.56. The first kappa shape index (κ1) is 18.1. The van der Waals surface area contributed by atoms with Crippen LogP contribution >= 0.6 is 0 Å². The van der Waals surface area contributed by atoms with Gasteiger partial charge < -0.3 is 15.4 Å². The molecule has 0 bridgehead atoms. The second-order valence-electron chi connectivity index (χ2n) is 6.85. The van der Waals surface area contributed by atoms with Crippen LogP contribution in [-0.4, -0.2) is 48.2 Å². The summed E-state index contributed by atoms with van der Waals surface area (Å²) in [7, 11) is 0. The molecule has 146 valence electrons. The molecule has 0 aromatic carbocycles. The zero-order valence-corrected chi connectivity index (χ0v) is 15.7. The number of amides is 2. The quantitative estimate of drug-likeness (QED) is 0.699. The SMILES string of the molecule is CC(C)n1cc([C@H]2OCC[C@@H]2NC(=O)Nc2cnn(-c3ncccn3)c2)cn1. The van der Waals surface area contributed by atoms with Gasteiger partial charge in [0.15, 0.2) is 0 Å². The van der Waals surface area contributed by atoms with Crippen molar-refractivity contribution in [3.63, 3.8) is 0 Å². The number of nitrogens with zero attached hydrogens (tertiary/aromatic N) is 6. The molecule has 0 aliphatic carbocycles. The van der Waals surface area contributed by atoms with E-state index in [9.17, 15) is 4.79 Å². The molecule has 2 amide bonds. The minimum Gasteiger partial charge on any atom is -0.371 e. The molecule has 0 unspecified atom stereocenters. The van der Waals surface area contributed by atoms with E-state index in [-0.39, 0.29) is 24.2 Å². The molecule has 0 saturated carbocycles. The van der Waals surface area contributed by atoms with Crippen molar-refractivity contribution in [3.8, 4) is 5.95 Å². The minimum absolute atomic E-state index is 0.127. The van der Waals surface area contributed by atoms with Gasteiger partial charge in [-0.25, -0.2) is 19.4 Å². The van der Waals surface area contributed by atoms with E-state index in [1.807, 2.05) is 10.9 Å². The summed E-state index contributed by atoms with van der Waals surface area (Å²) in [6.07, 6.45) is 10.8. The van der Waals surface area contributed by atoms with Crippen LogP contribution in [0.2, 0.25) is 0 Å². The number of nitrogens with one attached hydrogen (secondary N) is 2. The molecule has 0 radical (unpaired) electrons. The Hall–Kier alpha value is -3.27. The molecule has 1 aliphatic rings. The van der Waals surface area contributed by atoms with Gasteiger partial charge in [-0.15, -0.1) is 0 Å². The third-order valence-corrected chi connectivity index (χ3v) is 4.48. The Morgan fingerprint density at radius 3 is 2.79 bits per heavy atom. The summed E-state index contributed by atoms with van der Waals surface area (Å²) in [4.78, 5) is 20.7. The zero-order chi connectivity index (χ0) is 19.5. The van der Waals surface area contributed by atoms with E-state index in [1.165, 1.54) is 4.68 Å². The molecule has 10 heteroatoms. The Morgan fingerprint density at radius 2 is 2.04 bits per heavy atom. The fourth-order valence-corrected chi connectivity index (χ4v) is 3.09. The normalized spacial score (nSPS) is 19.1. The maximum atomic E-state index is 12.4. The third-order valence-electron chi connectivity index (χ3n) is 4.48. The average Bonchev–Trinajstić information content (AvgIpc) is 3.42. The number of carbonyl (C=O) groups excluding carboxylic acids is 1. The van der Waals surface area contributed by atoms with Crippen molar-refractivity contribution in [1.82, 2.24) is 34.8 Å². The van der Waals surface area contributed by atoms with Crippen LogP contribution in [0.5, 0.6) is 0 Å². The number of hydrogen-bond acceptors (Lipinski definition) is 6. The molecular weight excluding hydrogens is 360 g/mol. The number of carbonyl (C=O) groups is 1. The fraction of sp³-hybridized carbons (Fsp3) is 0.389. The molecule has 1 aliphatic heterocycles. The van der Waals surface area contributed by atoms with Gasteiger partial charge in [-0.2, -0.15) is 10.2 Å². The number of hydrogen-bond donors (Lipinski definition) is 2. The van der Waals surface area contributed by atoms with Gasteiger partial charge in [0.2, 0.25) is 5.95 Å².